The van der Waals surface area contributed by atoms with E-state index in [4.69, 9.17) is 0 Å². The summed E-state index contributed by atoms with van der Waals surface area (Å²) in [6, 6.07) is 0. The van der Waals surface area contributed by atoms with E-state index in [1.807, 2.05) is 0 Å². The number of esters is 2. The molecular formula is C10H14O5. The van der Waals surface area contributed by atoms with Gasteiger partial charge in [0.2, 0.25) is 0 Å². The van der Waals surface area contributed by atoms with Crippen molar-refractivity contribution in [3.05, 3.63) is 0 Å². The zero-order valence-electron chi connectivity index (χ0n) is 8.82. The highest BCUT2D eigenvalue weighted by Crippen LogP contribution is 2.28. The molecule has 15 heavy (non-hydrogen) atoms. The molecule has 0 spiro atoms. The maximum Gasteiger partial charge on any atom is 0.309 e. The van der Waals surface area contributed by atoms with Gasteiger partial charge in [0.15, 0.2) is 0 Å². The van der Waals surface area contributed by atoms with E-state index in [0.717, 1.165) is 0 Å². The molecule has 1 saturated carbocycles. The van der Waals surface area contributed by atoms with Crippen LogP contribution in [0, 0.1) is 11.8 Å². The number of hydrogen-bond acceptors (Lipinski definition) is 5. The third-order valence-electron chi connectivity index (χ3n) is 2.59. The number of hydrogen-bond donors (Lipinski definition) is 0. The third kappa shape index (κ3) is 2.78. The molecule has 5 heteroatoms. The molecule has 0 bridgehead atoms. The van der Waals surface area contributed by atoms with Crippen LogP contribution in [0.1, 0.15) is 19.3 Å². The van der Waals surface area contributed by atoms with Crippen molar-refractivity contribution in [3.8, 4) is 0 Å². The molecule has 0 N–H and O–H groups in total. The van der Waals surface area contributed by atoms with E-state index in [9.17, 15) is 14.4 Å². The fraction of sp³-hybridized carbons (Fsp3) is 0.700. The molecule has 5 nitrogen and oxygen atoms in total. The number of carbonyl (C=O) groups excluding carboxylic acids is 3. The van der Waals surface area contributed by atoms with Gasteiger partial charge in [0, 0.05) is 12.8 Å². The minimum Gasteiger partial charge on any atom is -0.469 e. The lowest BCUT2D eigenvalue weighted by Crippen LogP contribution is -2.33. The van der Waals surface area contributed by atoms with Crippen LogP contribution >= 0.6 is 0 Å². The van der Waals surface area contributed by atoms with Gasteiger partial charge in [-0.3, -0.25) is 14.4 Å². The molecule has 1 fully saturated rings. The van der Waals surface area contributed by atoms with Gasteiger partial charge in [-0.1, -0.05) is 0 Å². The zero-order chi connectivity index (χ0) is 11.4. The first-order valence-corrected chi connectivity index (χ1v) is 4.75. The highest BCUT2D eigenvalue weighted by atomic mass is 16.5. The molecule has 84 valence electrons. The van der Waals surface area contributed by atoms with E-state index in [1.54, 1.807) is 0 Å². The molecule has 1 aliphatic rings. The highest BCUT2D eigenvalue weighted by molar-refractivity contribution is 5.90. The second-order valence-corrected chi connectivity index (χ2v) is 3.62. The van der Waals surface area contributed by atoms with Crippen molar-refractivity contribution >= 4 is 17.7 Å². The van der Waals surface area contributed by atoms with Crippen LogP contribution in [0.15, 0.2) is 0 Å². The average molecular weight is 214 g/mol. The van der Waals surface area contributed by atoms with Crippen molar-refractivity contribution in [1.29, 1.82) is 0 Å². The Balaban J connectivity index is 2.67. The predicted molar refractivity (Wildman–Crippen MR) is 49.9 cm³/mol. The topological polar surface area (TPSA) is 69.7 Å². The van der Waals surface area contributed by atoms with E-state index in [0.29, 0.717) is 6.42 Å². The van der Waals surface area contributed by atoms with Gasteiger partial charge in [-0.2, -0.15) is 0 Å². The Morgan fingerprint density at radius 3 is 1.80 bits per heavy atom. The molecule has 0 aromatic heterocycles. The third-order valence-corrected chi connectivity index (χ3v) is 2.59. The van der Waals surface area contributed by atoms with Crippen molar-refractivity contribution < 1.29 is 23.9 Å². The van der Waals surface area contributed by atoms with Crippen LogP contribution in [0.5, 0.6) is 0 Å². The largest absolute Gasteiger partial charge is 0.469 e. The molecular weight excluding hydrogens is 200 g/mol. The summed E-state index contributed by atoms with van der Waals surface area (Å²) in [6.45, 7) is 0. The Morgan fingerprint density at radius 1 is 1.07 bits per heavy atom. The van der Waals surface area contributed by atoms with Gasteiger partial charge in [0.1, 0.15) is 5.78 Å². The Kier molecular flexibility index (Phi) is 3.82. The lowest BCUT2D eigenvalue weighted by atomic mass is 9.80. The molecule has 0 amide bonds. The summed E-state index contributed by atoms with van der Waals surface area (Å²) in [4.78, 5) is 33.8. The van der Waals surface area contributed by atoms with Gasteiger partial charge < -0.3 is 9.47 Å². The van der Waals surface area contributed by atoms with Gasteiger partial charge >= 0.3 is 11.9 Å². The van der Waals surface area contributed by atoms with Crippen LogP contribution in [-0.4, -0.2) is 31.9 Å². The molecule has 0 radical (unpaired) electrons. The Morgan fingerprint density at radius 2 is 1.47 bits per heavy atom. The SMILES string of the molecule is COC(=O)[C@@H]1CC(=O)C[C@H](C(=O)OC)C1. The molecule has 0 aromatic rings. The first kappa shape index (κ1) is 11.7. The van der Waals surface area contributed by atoms with Gasteiger partial charge in [0.05, 0.1) is 26.1 Å². The lowest BCUT2D eigenvalue weighted by Gasteiger charge is -2.24. The van der Waals surface area contributed by atoms with Crippen molar-refractivity contribution in [1.82, 2.24) is 0 Å². The minimum absolute atomic E-state index is 0.0907. The summed E-state index contributed by atoms with van der Waals surface area (Å²) in [5.74, 6) is -1.96. The normalized spacial score (nSPS) is 25.9. The quantitative estimate of drug-likeness (QED) is 0.619. The minimum atomic E-state index is -0.500. The predicted octanol–water partition coefficient (Wildman–Crippen LogP) is 0.318. The summed E-state index contributed by atoms with van der Waals surface area (Å²) in [7, 11) is 2.54. The number of ketones is 1. The van der Waals surface area contributed by atoms with E-state index >= 15 is 0 Å². The van der Waals surface area contributed by atoms with E-state index < -0.39 is 23.8 Å². The zero-order valence-corrected chi connectivity index (χ0v) is 8.82. The van der Waals surface area contributed by atoms with Crippen LogP contribution in [-0.2, 0) is 23.9 Å². The molecule has 0 aromatic carbocycles. The van der Waals surface area contributed by atoms with Crippen molar-refractivity contribution in [2.45, 2.75) is 19.3 Å². The monoisotopic (exact) mass is 214 g/mol. The maximum absolute atomic E-state index is 11.3. The molecule has 0 unspecified atom stereocenters. The molecule has 1 aliphatic carbocycles. The van der Waals surface area contributed by atoms with Crippen molar-refractivity contribution in [2.24, 2.45) is 11.8 Å². The summed E-state index contributed by atoms with van der Waals surface area (Å²) in [6.07, 6.45) is 0.672. The van der Waals surface area contributed by atoms with Crippen LogP contribution < -0.4 is 0 Å². The average Bonchev–Trinajstić information content (AvgIpc) is 2.26. The summed E-state index contributed by atoms with van der Waals surface area (Å²) < 4.78 is 9.11. The molecule has 0 aliphatic heterocycles. The highest BCUT2D eigenvalue weighted by Gasteiger charge is 2.36. The maximum atomic E-state index is 11.3. The number of ether oxygens (including phenoxy) is 2. The first-order valence-electron chi connectivity index (χ1n) is 4.75. The van der Waals surface area contributed by atoms with Gasteiger partial charge in [0.25, 0.3) is 0 Å². The van der Waals surface area contributed by atoms with Crippen molar-refractivity contribution in [3.63, 3.8) is 0 Å². The van der Waals surface area contributed by atoms with Crippen LogP contribution in [0.2, 0.25) is 0 Å². The van der Waals surface area contributed by atoms with Crippen LogP contribution in [0.4, 0.5) is 0 Å². The smallest absolute Gasteiger partial charge is 0.309 e. The summed E-state index contributed by atoms with van der Waals surface area (Å²) in [5.41, 5.74) is 0. The first-order chi connectivity index (χ1) is 7.08. The molecule has 2 atom stereocenters. The van der Waals surface area contributed by atoms with E-state index in [-0.39, 0.29) is 18.6 Å². The van der Waals surface area contributed by atoms with Crippen LogP contribution in [0.3, 0.4) is 0 Å². The fourth-order valence-corrected chi connectivity index (χ4v) is 1.84. The van der Waals surface area contributed by atoms with Crippen LogP contribution in [0.25, 0.3) is 0 Å². The summed E-state index contributed by atoms with van der Waals surface area (Å²) in [5, 5.41) is 0. The standard InChI is InChI=1S/C10H14O5/c1-14-9(12)6-3-7(10(13)15-2)5-8(11)4-6/h6-7H,3-5H2,1-2H3/t6-,7+. The molecule has 1 rings (SSSR count). The second kappa shape index (κ2) is 4.91. The fourth-order valence-electron chi connectivity index (χ4n) is 1.84. The number of Topliss-reactive ketones (excluding diaryl/α,β-unsaturated/α-hetero) is 1. The number of rotatable bonds is 2. The van der Waals surface area contributed by atoms with Gasteiger partial charge in [-0.15, -0.1) is 0 Å². The molecule has 0 saturated heterocycles. The lowest BCUT2D eigenvalue weighted by molar-refractivity contribution is -0.155. The number of carbonyl (C=O) groups is 3. The Labute approximate surface area is 87.7 Å². The molecule has 0 heterocycles. The van der Waals surface area contributed by atoms with E-state index in [1.165, 1.54) is 14.2 Å². The van der Waals surface area contributed by atoms with E-state index in [2.05, 4.69) is 9.47 Å². The Hall–Kier alpha value is -1.39. The summed E-state index contributed by atoms with van der Waals surface area (Å²) >= 11 is 0. The van der Waals surface area contributed by atoms with Crippen molar-refractivity contribution in [2.75, 3.05) is 14.2 Å². The van der Waals surface area contributed by atoms with Gasteiger partial charge in [-0.05, 0) is 6.42 Å². The van der Waals surface area contributed by atoms with Gasteiger partial charge in [-0.25, -0.2) is 0 Å². The number of methoxy groups -OCH3 is 2. The Bertz CT molecular complexity index is 258. The second-order valence-electron chi connectivity index (χ2n) is 3.62.